The topological polar surface area (TPSA) is 71.2 Å². The fourth-order valence-corrected chi connectivity index (χ4v) is 3.61. The van der Waals surface area contributed by atoms with Crippen LogP contribution in [0.4, 0.5) is 0 Å². The lowest BCUT2D eigenvalue weighted by Gasteiger charge is -2.04. The minimum absolute atomic E-state index is 0.138. The van der Waals surface area contributed by atoms with Crippen molar-refractivity contribution < 1.29 is 10.2 Å². The number of aromatic nitrogens is 3. The molecule has 18 heavy (non-hydrogen) atoms. The van der Waals surface area contributed by atoms with E-state index in [2.05, 4.69) is 73.9 Å². The van der Waals surface area contributed by atoms with Gasteiger partial charge in [-0.05, 0) is 63.7 Å². The first-order valence-electron chi connectivity index (χ1n) is 4.81. The Morgan fingerprint density at radius 3 is 1.78 bits per heavy atom. The van der Waals surface area contributed by atoms with E-state index >= 15 is 0 Å². The molecule has 1 aromatic heterocycles. The van der Waals surface area contributed by atoms with Gasteiger partial charge in [0.05, 0.1) is 28.2 Å². The molecule has 98 valence electrons. The predicted molar refractivity (Wildman–Crippen MR) is 81.4 cm³/mol. The van der Waals surface area contributed by atoms with E-state index < -0.39 is 6.10 Å². The number of aliphatic hydroxyl groups is 2. The molecule has 2 aromatic rings. The first-order valence-corrected chi connectivity index (χ1v) is 7.98. The molecule has 2 rings (SSSR count). The van der Waals surface area contributed by atoms with Crippen molar-refractivity contribution in [2.45, 2.75) is 12.6 Å². The molecule has 0 saturated carbocycles. The van der Waals surface area contributed by atoms with Gasteiger partial charge in [-0.15, -0.1) is 0 Å². The Labute approximate surface area is 136 Å². The molecule has 1 atom stereocenters. The third-order valence-corrected chi connectivity index (χ3v) is 6.96. The van der Waals surface area contributed by atoms with Crippen molar-refractivity contribution in [3.8, 4) is 0 Å². The van der Waals surface area contributed by atoms with Crippen LogP contribution >= 0.6 is 63.7 Å². The van der Waals surface area contributed by atoms with E-state index in [1.165, 1.54) is 4.80 Å². The van der Waals surface area contributed by atoms with E-state index in [0.717, 1.165) is 17.9 Å². The fraction of sp³-hybridized carbons (Fsp3) is 0.333. The third kappa shape index (κ3) is 2.66. The molecular weight excluding hydrogens is 502 g/mol. The molecule has 0 spiro atoms. The van der Waals surface area contributed by atoms with Gasteiger partial charge in [-0.2, -0.15) is 15.0 Å². The standard InChI is InChI=1S/C9H7Br4N3O2/c10-4-5(11)7(13)9-8(6(4)12)14-16(15-9)1-3(18)2-17/h3,17-18H,1-2H2/t3-/m0/s1. The maximum atomic E-state index is 9.39. The second kappa shape index (κ2) is 5.84. The molecule has 0 saturated heterocycles. The van der Waals surface area contributed by atoms with E-state index in [1.54, 1.807) is 0 Å². The maximum Gasteiger partial charge on any atom is 0.129 e. The molecule has 9 heteroatoms. The number of fused-ring (bicyclic) bond motifs is 1. The van der Waals surface area contributed by atoms with Crippen molar-refractivity contribution in [2.75, 3.05) is 6.61 Å². The van der Waals surface area contributed by atoms with Crippen molar-refractivity contribution >= 4 is 74.8 Å². The molecular formula is C9H7Br4N3O2. The smallest absolute Gasteiger partial charge is 0.129 e. The number of halogens is 4. The monoisotopic (exact) mass is 505 g/mol. The van der Waals surface area contributed by atoms with E-state index in [4.69, 9.17) is 5.11 Å². The average Bonchev–Trinajstić information content (AvgIpc) is 2.77. The number of rotatable bonds is 3. The first-order chi connectivity index (χ1) is 8.45. The lowest BCUT2D eigenvalue weighted by atomic mass is 10.3. The maximum absolute atomic E-state index is 9.39. The third-order valence-electron chi connectivity index (χ3n) is 2.23. The van der Waals surface area contributed by atoms with Crippen LogP contribution in [0.15, 0.2) is 17.9 Å². The molecule has 0 radical (unpaired) electrons. The molecule has 0 aliphatic heterocycles. The summed E-state index contributed by atoms with van der Waals surface area (Å²) in [5.74, 6) is 0. The quantitative estimate of drug-likeness (QED) is 0.494. The van der Waals surface area contributed by atoms with Crippen LogP contribution in [0.2, 0.25) is 0 Å². The van der Waals surface area contributed by atoms with E-state index in [1.807, 2.05) is 0 Å². The second-order valence-electron chi connectivity index (χ2n) is 3.54. The number of nitrogens with zero attached hydrogens (tertiary/aromatic N) is 3. The van der Waals surface area contributed by atoms with Crippen molar-refractivity contribution in [1.82, 2.24) is 15.0 Å². The van der Waals surface area contributed by atoms with Crippen molar-refractivity contribution in [3.05, 3.63) is 17.9 Å². The Bertz CT molecular complexity index is 556. The Morgan fingerprint density at radius 2 is 1.39 bits per heavy atom. The molecule has 1 aromatic carbocycles. The highest BCUT2D eigenvalue weighted by Gasteiger charge is 2.18. The van der Waals surface area contributed by atoms with Gasteiger partial charge in [0.1, 0.15) is 11.0 Å². The van der Waals surface area contributed by atoms with Gasteiger partial charge in [-0.25, -0.2) is 0 Å². The normalized spacial score (nSPS) is 13.2. The van der Waals surface area contributed by atoms with Crippen molar-refractivity contribution in [3.63, 3.8) is 0 Å². The number of benzene rings is 1. The van der Waals surface area contributed by atoms with Crippen LogP contribution in [-0.2, 0) is 6.54 Å². The highest BCUT2D eigenvalue weighted by atomic mass is 79.9. The highest BCUT2D eigenvalue weighted by molar-refractivity contribution is 9.15. The summed E-state index contributed by atoms with van der Waals surface area (Å²) in [4.78, 5) is 1.36. The van der Waals surface area contributed by atoms with Crippen LogP contribution < -0.4 is 0 Å². The molecule has 0 amide bonds. The van der Waals surface area contributed by atoms with Gasteiger partial charge in [0.25, 0.3) is 0 Å². The van der Waals surface area contributed by atoms with Crippen LogP contribution in [0.5, 0.6) is 0 Å². The van der Waals surface area contributed by atoms with E-state index in [0.29, 0.717) is 11.0 Å². The largest absolute Gasteiger partial charge is 0.394 e. The minimum atomic E-state index is -0.878. The summed E-state index contributed by atoms with van der Waals surface area (Å²) < 4.78 is 3.21. The lowest BCUT2D eigenvalue weighted by molar-refractivity contribution is 0.0749. The van der Waals surface area contributed by atoms with Gasteiger partial charge in [0.15, 0.2) is 0 Å². The average molecular weight is 509 g/mol. The van der Waals surface area contributed by atoms with Crippen LogP contribution in [0.1, 0.15) is 0 Å². The number of hydrogen-bond donors (Lipinski definition) is 2. The van der Waals surface area contributed by atoms with Crippen LogP contribution in [0.25, 0.3) is 11.0 Å². The van der Waals surface area contributed by atoms with Gasteiger partial charge in [0, 0.05) is 8.95 Å². The van der Waals surface area contributed by atoms with Gasteiger partial charge in [0.2, 0.25) is 0 Å². The second-order valence-corrected chi connectivity index (χ2v) is 6.72. The number of aliphatic hydroxyl groups excluding tert-OH is 2. The van der Waals surface area contributed by atoms with Crippen LogP contribution in [-0.4, -0.2) is 37.9 Å². The molecule has 5 nitrogen and oxygen atoms in total. The zero-order valence-electron chi connectivity index (χ0n) is 8.74. The number of hydrogen-bond acceptors (Lipinski definition) is 4. The predicted octanol–water partition coefficient (Wildman–Crippen LogP) is 2.83. The minimum Gasteiger partial charge on any atom is -0.394 e. The summed E-state index contributed by atoms with van der Waals surface area (Å²) >= 11 is 13.7. The molecule has 1 heterocycles. The summed E-state index contributed by atoms with van der Waals surface area (Å²) in [5, 5.41) is 26.7. The Kier molecular flexibility index (Phi) is 4.82. The summed E-state index contributed by atoms with van der Waals surface area (Å²) in [5.41, 5.74) is 1.34. The molecule has 0 aliphatic carbocycles. The van der Waals surface area contributed by atoms with Gasteiger partial charge < -0.3 is 10.2 Å². The molecule has 0 bridgehead atoms. The van der Waals surface area contributed by atoms with Crippen molar-refractivity contribution in [1.29, 1.82) is 0 Å². The molecule has 2 N–H and O–H groups in total. The van der Waals surface area contributed by atoms with Crippen molar-refractivity contribution in [2.24, 2.45) is 0 Å². The highest BCUT2D eigenvalue weighted by Crippen LogP contribution is 2.41. The zero-order valence-corrected chi connectivity index (χ0v) is 15.1. The fourth-order valence-electron chi connectivity index (χ4n) is 1.37. The summed E-state index contributed by atoms with van der Waals surface area (Å²) in [7, 11) is 0. The van der Waals surface area contributed by atoms with Crippen LogP contribution in [0.3, 0.4) is 0 Å². The summed E-state index contributed by atoms with van der Waals surface area (Å²) in [6, 6.07) is 0. The van der Waals surface area contributed by atoms with E-state index in [-0.39, 0.29) is 13.2 Å². The van der Waals surface area contributed by atoms with E-state index in [9.17, 15) is 5.11 Å². The molecule has 0 aliphatic rings. The van der Waals surface area contributed by atoms with Gasteiger partial charge >= 0.3 is 0 Å². The molecule has 0 unspecified atom stereocenters. The summed E-state index contributed by atoms with van der Waals surface area (Å²) in [6.07, 6.45) is -0.878. The Morgan fingerprint density at radius 1 is 0.944 bits per heavy atom. The Balaban J connectivity index is 2.57. The molecule has 0 fully saturated rings. The van der Waals surface area contributed by atoms with Crippen LogP contribution in [0, 0.1) is 0 Å². The Hall–Kier alpha value is 0.460. The van der Waals surface area contributed by atoms with Gasteiger partial charge in [-0.3, -0.25) is 0 Å². The SMILES string of the molecule is OC[C@@H](O)Cn1nc2c(Br)c(Br)c(Br)c(Br)c2n1. The summed E-state index contributed by atoms with van der Waals surface area (Å²) in [6.45, 7) is -0.188. The first kappa shape index (κ1) is 14.9. The van der Waals surface area contributed by atoms with Gasteiger partial charge in [-0.1, -0.05) is 0 Å². The lowest BCUT2D eigenvalue weighted by Crippen LogP contribution is -2.21. The zero-order chi connectivity index (χ0) is 13.4.